The van der Waals surface area contributed by atoms with Crippen LogP contribution in [0.1, 0.15) is 20.8 Å². The summed E-state index contributed by atoms with van der Waals surface area (Å²) in [5.74, 6) is 0.971. The lowest BCUT2D eigenvalue weighted by molar-refractivity contribution is 0.492. The summed E-state index contributed by atoms with van der Waals surface area (Å²) in [6.07, 6.45) is 0. The van der Waals surface area contributed by atoms with Gasteiger partial charge in [0.1, 0.15) is 5.75 Å². The minimum absolute atomic E-state index is 0.207. The molecule has 0 fully saturated rings. The van der Waals surface area contributed by atoms with E-state index in [1.807, 2.05) is 6.07 Å². The van der Waals surface area contributed by atoms with Gasteiger partial charge in [0.05, 0.1) is 0 Å². The summed E-state index contributed by atoms with van der Waals surface area (Å²) in [5, 5.41) is 0.207. The summed E-state index contributed by atoms with van der Waals surface area (Å²) in [6.45, 7) is 11.3. The predicted octanol–water partition coefficient (Wildman–Crippen LogP) is 6.50. The molecular weight excluding hydrogens is 340 g/mol. The standard InChI is InChI=1S/C18H23BrOSi/c1-18(2,3)21(4,5)20-17-11-7-9-15(13-17)14-8-6-10-16(19)12-14/h6-13H,1-5H3. The normalized spacial score (nSPS) is 12.3. The number of benzene rings is 2. The van der Waals surface area contributed by atoms with Crippen LogP contribution in [-0.4, -0.2) is 8.32 Å². The van der Waals surface area contributed by atoms with E-state index in [-0.39, 0.29) is 5.04 Å². The molecule has 0 radical (unpaired) electrons. The van der Waals surface area contributed by atoms with Gasteiger partial charge in [0.25, 0.3) is 0 Å². The van der Waals surface area contributed by atoms with E-state index < -0.39 is 8.32 Å². The van der Waals surface area contributed by atoms with E-state index in [0.717, 1.165) is 10.2 Å². The second-order valence-electron chi connectivity index (χ2n) is 6.90. The average molecular weight is 363 g/mol. The van der Waals surface area contributed by atoms with Gasteiger partial charge in [-0.1, -0.05) is 61.0 Å². The highest BCUT2D eigenvalue weighted by molar-refractivity contribution is 9.10. The Hall–Kier alpha value is -1.06. The number of hydrogen-bond acceptors (Lipinski definition) is 1. The van der Waals surface area contributed by atoms with Crippen molar-refractivity contribution in [2.24, 2.45) is 0 Å². The third kappa shape index (κ3) is 3.98. The predicted molar refractivity (Wildman–Crippen MR) is 97.4 cm³/mol. The van der Waals surface area contributed by atoms with Crippen LogP contribution >= 0.6 is 15.9 Å². The van der Waals surface area contributed by atoms with Gasteiger partial charge in [0.2, 0.25) is 8.32 Å². The van der Waals surface area contributed by atoms with Crippen LogP contribution in [0.25, 0.3) is 11.1 Å². The van der Waals surface area contributed by atoms with Crippen LogP contribution < -0.4 is 4.43 Å². The van der Waals surface area contributed by atoms with Crippen molar-refractivity contribution in [3.8, 4) is 16.9 Å². The molecule has 0 aliphatic heterocycles. The number of halogens is 1. The molecule has 2 aromatic carbocycles. The Morgan fingerprint density at radius 2 is 1.48 bits per heavy atom. The van der Waals surface area contributed by atoms with E-state index >= 15 is 0 Å². The summed E-state index contributed by atoms with van der Waals surface area (Å²) < 4.78 is 7.48. The van der Waals surface area contributed by atoms with Gasteiger partial charge in [-0.3, -0.25) is 0 Å². The summed E-state index contributed by atoms with van der Waals surface area (Å²) in [6, 6.07) is 16.7. The highest BCUT2D eigenvalue weighted by atomic mass is 79.9. The molecule has 0 bridgehead atoms. The van der Waals surface area contributed by atoms with Crippen molar-refractivity contribution in [2.45, 2.75) is 38.9 Å². The van der Waals surface area contributed by atoms with Crippen LogP contribution in [0, 0.1) is 0 Å². The summed E-state index contributed by atoms with van der Waals surface area (Å²) in [4.78, 5) is 0. The second kappa shape index (κ2) is 5.97. The SMILES string of the molecule is CC(C)(C)[Si](C)(C)Oc1cccc(-c2cccc(Br)c2)c1. The minimum atomic E-state index is -1.79. The molecule has 3 heteroatoms. The van der Waals surface area contributed by atoms with E-state index in [9.17, 15) is 0 Å². The van der Waals surface area contributed by atoms with Crippen LogP contribution in [0.4, 0.5) is 0 Å². The lowest BCUT2D eigenvalue weighted by Gasteiger charge is -2.36. The molecule has 0 aliphatic carbocycles. The van der Waals surface area contributed by atoms with Crippen molar-refractivity contribution in [1.82, 2.24) is 0 Å². The van der Waals surface area contributed by atoms with E-state index in [2.05, 4.69) is 92.3 Å². The monoisotopic (exact) mass is 362 g/mol. The summed E-state index contributed by atoms with van der Waals surface area (Å²) in [5.41, 5.74) is 2.39. The quantitative estimate of drug-likeness (QED) is 0.566. The third-order valence-electron chi connectivity index (χ3n) is 4.17. The molecule has 0 amide bonds. The van der Waals surface area contributed by atoms with Gasteiger partial charge in [-0.05, 0) is 53.5 Å². The van der Waals surface area contributed by atoms with Crippen LogP contribution in [0.2, 0.25) is 18.1 Å². The molecule has 2 rings (SSSR count). The van der Waals surface area contributed by atoms with E-state index in [1.165, 1.54) is 11.1 Å². The van der Waals surface area contributed by atoms with Crippen molar-refractivity contribution < 1.29 is 4.43 Å². The lowest BCUT2D eigenvalue weighted by Crippen LogP contribution is -2.43. The molecule has 0 N–H and O–H groups in total. The van der Waals surface area contributed by atoms with Crippen molar-refractivity contribution in [2.75, 3.05) is 0 Å². The fourth-order valence-corrected chi connectivity index (χ4v) is 3.28. The molecule has 2 aromatic rings. The molecule has 0 heterocycles. The molecule has 0 aliphatic rings. The molecule has 0 spiro atoms. The Balaban J connectivity index is 2.31. The molecule has 0 aromatic heterocycles. The number of hydrogen-bond donors (Lipinski definition) is 0. The van der Waals surface area contributed by atoms with E-state index in [1.54, 1.807) is 0 Å². The van der Waals surface area contributed by atoms with E-state index in [0.29, 0.717) is 0 Å². The van der Waals surface area contributed by atoms with Crippen molar-refractivity contribution in [3.05, 3.63) is 53.0 Å². The second-order valence-corrected chi connectivity index (χ2v) is 12.5. The van der Waals surface area contributed by atoms with E-state index in [4.69, 9.17) is 4.43 Å². The summed E-state index contributed by atoms with van der Waals surface area (Å²) in [7, 11) is -1.79. The first-order valence-electron chi connectivity index (χ1n) is 7.24. The Morgan fingerprint density at radius 1 is 0.905 bits per heavy atom. The Morgan fingerprint density at radius 3 is 2.05 bits per heavy atom. The van der Waals surface area contributed by atoms with Gasteiger partial charge >= 0.3 is 0 Å². The first-order valence-corrected chi connectivity index (χ1v) is 10.9. The van der Waals surface area contributed by atoms with Gasteiger partial charge < -0.3 is 4.43 Å². The zero-order valence-electron chi connectivity index (χ0n) is 13.4. The minimum Gasteiger partial charge on any atom is -0.543 e. The van der Waals surface area contributed by atoms with Crippen molar-refractivity contribution >= 4 is 24.2 Å². The molecule has 0 atom stereocenters. The zero-order valence-corrected chi connectivity index (χ0v) is 16.0. The average Bonchev–Trinajstić information content (AvgIpc) is 2.37. The molecule has 1 nitrogen and oxygen atoms in total. The zero-order chi connectivity index (χ0) is 15.7. The largest absolute Gasteiger partial charge is 0.543 e. The highest BCUT2D eigenvalue weighted by Crippen LogP contribution is 2.38. The molecule has 0 saturated carbocycles. The van der Waals surface area contributed by atoms with Gasteiger partial charge in [0.15, 0.2) is 0 Å². The highest BCUT2D eigenvalue weighted by Gasteiger charge is 2.38. The molecule has 112 valence electrons. The third-order valence-corrected chi connectivity index (χ3v) is 9.02. The Bertz CT molecular complexity index is 629. The van der Waals surface area contributed by atoms with Gasteiger partial charge in [-0.25, -0.2) is 0 Å². The van der Waals surface area contributed by atoms with Crippen LogP contribution in [0.3, 0.4) is 0 Å². The van der Waals surface area contributed by atoms with Gasteiger partial charge in [-0.2, -0.15) is 0 Å². The molecule has 0 saturated heterocycles. The Labute approximate surface area is 137 Å². The van der Waals surface area contributed by atoms with Gasteiger partial charge in [0, 0.05) is 4.47 Å². The maximum absolute atomic E-state index is 6.39. The fourth-order valence-electron chi connectivity index (χ4n) is 1.85. The van der Waals surface area contributed by atoms with Crippen molar-refractivity contribution in [3.63, 3.8) is 0 Å². The maximum Gasteiger partial charge on any atom is 0.250 e. The smallest absolute Gasteiger partial charge is 0.250 e. The molecule has 21 heavy (non-hydrogen) atoms. The summed E-state index contributed by atoms with van der Waals surface area (Å²) >= 11 is 3.53. The van der Waals surface area contributed by atoms with Crippen LogP contribution in [0.5, 0.6) is 5.75 Å². The number of rotatable bonds is 3. The first kappa shape index (κ1) is 16.3. The maximum atomic E-state index is 6.39. The van der Waals surface area contributed by atoms with Crippen LogP contribution in [-0.2, 0) is 0 Å². The first-order chi connectivity index (χ1) is 9.69. The Kier molecular flexibility index (Phi) is 4.64. The molecular formula is C18H23BrOSi. The topological polar surface area (TPSA) is 9.23 Å². The van der Waals surface area contributed by atoms with Crippen LogP contribution in [0.15, 0.2) is 53.0 Å². The fraction of sp³-hybridized carbons (Fsp3) is 0.333. The van der Waals surface area contributed by atoms with Crippen molar-refractivity contribution in [1.29, 1.82) is 0 Å². The van der Waals surface area contributed by atoms with Gasteiger partial charge in [-0.15, -0.1) is 0 Å². The molecule has 0 unspecified atom stereocenters. The lowest BCUT2D eigenvalue weighted by atomic mass is 10.1.